The lowest BCUT2D eigenvalue weighted by Gasteiger charge is -2.35. The third-order valence-corrected chi connectivity index (χ3v) is 4.14. The van der Waals surface area contributed by atoms with E-state index < -0.39 is 0 Å². The fraction of sp³-hybridized carbons (Fsp3) is 0.333. The van der Waals surface area contributed by atoms with Crippen molar-refractivity contribution in [2.24, 2.45) is 0 Å². The smallest absolute Gasteiger partial charge is 0.314 e. The monoisotopic (exact) mass is 333 g/mol. The lowest BCUT2D eigenvalue weighted by atomic mass is 10.2. The van der Waals surface area contributed by atoms with E-state index in [0.29, 0.717) is 42.6 Å². The van der Waals surface area contributed by atoms with Crippen LogP contribution in [0.25, 0.3) is 0 Å². The molecule has 7 nitrogen and oxygen atoms in total. The van der Waals surface area contributed by atoms with Crippen LogP contribution in [-0.2, 0) is 0 Å². The first kappa shape index (κ1) is 15.5. The fourth-order valence-electron chi connectivity index (χ4n) is 2.71. The number of aromatic nitrogens is 2. The molecule has 3 heterocycles. The maximum atomic E-state index is 11.3. The summed E-state index contributed by atoms with van der Waals surface area (Å²) in [6.45, 7) is 4.44. The number of aryl methyl sites for hydroxylation is 1. The summed E-state index contributed by atoms with van der Waals surface area (Å²) in [5.74, 6) is 1.26. The Morgan fingerprint density at radius 3 is 2.43 bits per heavy atom. The van der Waals surface area contributed by atoms with Gasteiger partial charge in [-0.25, -0.2) is 9.97 Å². The van der Waals surface area contributed by atoms with Crippen LogP contribution in [0.4, 0.5) is 17.3 Å². The summed E-state index contributed by atoms with van der Waals surface area (Å²) >= 11 is 6.00. The van der Waals surface area contributed by atoms with Gasteiger partial charge in [0.15, 0.2) is 0 Å². The molecule has 0 bridgehead atoms. The van der Waals surface area contributed by atoms with Crippen molar-refractivity contribution < 1.29 is 4.92 Å². The topological polar surface area (TPSA) is 75.4 Å². The van der Waals surface area contributed by atoms with E-state index in [-0.39, 0.29) is 10.6 Å². The number of hydrogen-bond acceptors (Lipinski definition) is 6. The van der Waals surface area contributed by atoms with E-state index in [0.717, 1.165) is 5.82 Å². The number of rotatable bonds is 3. The van der Waals surface area contributed by atoms with Crippen molar-refractivity contribution >= 4 is 28.9 Å². The number of anilines is 2. The van der Waals surface area contributed by atoms with Crippen LogP contribution >= 0.6 is 11.6 Å². The molecule has 120 valence electrons. The van der Waals surface area contributed by atoms with Crippen molar-refractivity contribution in [3.8, 4) is 0 Å². The molecule has 2 aromatic heterocycles. The molecular formula is C15H16ClN5O2. The standard InChI is InChI=1S/C15H16ClN5O2/c1-11-2-4-18-15(14(11)21(22)23)20-8-6-19(7-9-20)13-10-12(16)3-5-17-13/h2-5,10H,6-9H2,1H3. The highest BCUT2D eigenvalue weighted by Crippen LogP contribution is 2.30. The van der Waals surface area contributed by atoms with E-state index in [1.165, 1.54) is 0 Å². The van der Waals surface area contributed by atoms with Gasteiger partial charge >= 0.3 is 5.69 Å². The van der Waals surface area contributed by atoms with Crippen molar-refractivity contribution in [1.82, 2.24) is 9.97 Å². The minimum absolute atomic E-state index is 0.0850. The first-order valence-corrected chi connectivity index (χ1v) is 7.65. The molecule has 0 radical (unpaired) electrons. The van der Waals surface area contributed by atoms with Crippen molar-refractivity contribution in [1.29, 1.82) is 0 Å². The van der Waals surface area contributed by atoms with E-state index in [1.807, 2.05) is 11.0 Å². The zero-order chi connectivity index (χ0) is 16.4. The Bertz CT molecular complexity index is 732. The molecule has 0 amide bonds. The molecule has 1 aliphatic heterocycles. The number of nitro groups is 1. The van der Waals surface area contributed by atoms with Crippen LogP contribution in [-0.4, -0.2) is 41.1 Å². The van der Waals surface area contributed by atoms with Gasteiger partial charge in [0.1, 0.15) is 5.82 Å². The molecule has 1 fully saturated rings. The second-order valence-electron chi connectivity index (χ2n) is 5.36. The summed E-state index contributed by atoms with van der Waals surface area (Å²) in [7, 11) is 0. The number of piperazine rings is 1. The minimum atomic E-state index is -0.359. The summed E-state index contributed by atoms with van der Waals surface area (Å²) in [6, 6.07) is 5.22. The normalized spacial score (nSPS) is 14.9. The molecule has 0 atom stereocenters. The van der Waals surface area contributed by atoms with Gasteiger partial charge in [-0.1, -0.05) is 11.6 Å². The van der Waals surface area contributed by atoms with Gasteiger partial charge in [-0.15, -0.1) is 0 Å². The average molecular weight is 334 g/mol. The molecule has 3 rings (SSSR count). The molecule has 2 aromatic rings. The van der Waals surface area contributed by atoms with Gasteiger partial charge in [0.2, 0.25) is 5.82 Å². The summed E-state index contributed by atoms with van der Waals surface area (Å²) in [4.78, 5) is 23.6. The predicted molar refractivity (Wildman–Crippen MR) is 89.3 cm³/mol. The third kappa shape index (κ3) is 3.19. The van der Waals surface area contributed by atoms with Crippen molar-refractivity contribution in [3.05, 3.63) is 51.3 Å². The highest BCUT2D eigenvalue weighted by Gasteiger charge is 2.27. The van der Waals surface area contributed by atoms with Crippen LogP contribution in [0, 0.1) is 17.0 Å². The zero-order valence-electron chi connectivity index (χ0n) is 12.6. The Balaban J connectivity index is 1.77. The number of nitrogens with zero attached hydrogens (tertiary/aromatic N) is 5. The second kappa shape index (κ2) is 6.37. The molecular weight excluding hydrogens is 318 g/mol. The predicted octanol–water partition coefficient (Wildman–Crippen LogP) is 2.67. The number of pyridine rings is 2. The molecule has 0 unspecified atom stereocenters. The highest BCUT2D eigenvalue weighted by molar-refractivity contribution is 6.30. The van der Waals surface area contributed by atoms with E-state index in [9.17, 15) is 10.1 Å². The molecule has 0 saturated carbocycles. The lowest BCUT2D eigenvalue weighted by molar-refractivity contribution is -0.384. The molecule has 0 spiro atoms. The van der Waals surface area contributed by atoms with Gasteiger partial charge in [-0.3, -0.25) is 10.1 Å². The maximum absolute atomic E-state index is 11.3. The summed E-state index contributed by atoms with van der Waals surface area (Å²) in [5.41, 5.74) is 0.709. The summed E-state index contributed by atoms with van der Waals surface area (Å²) in [6.07, 6.45) is 3.29. The van der Waals surface area contributed by atoms with Crippen LogP contribution in [0.5, 0.6) is 0 Å². The third-order valence-electron chi connectivity index (χ3n) is 3.90. The van der Waals surface area contributed by atoms with Crippen LogP contribution in [0.2, 0.25) is 5.02 Å². The molecule has 0 aliphatic carbocycles. The van der Waals surface area contributed by atoms with Gasteiger partial charge in [0, 0.05) is 49.2 Å². The van der Waals surface area contributed by atoms with E-state index in [4.69, 9.17) is 11.6 Å². The Hall–Kier alpha value is -2.41. The highest BCUT2D eigenvalue weighted by atomic mass is 35.5. The summed E-state index contributed by atoms with van der Waals surface area (Å²) in [5, 5.41) is 12.0. The Kier molecular flexibility index (Phi) is 4.29. The SMILES string of the molecule is Cc1ccnc(N2CCN(c3cc(Cl)ccn3)CC2)c1[N+](=O)[O-]. The largest absolute Gasteiger partial charge is 0.353 e. The van der Waals surface area contributed by atoms with Gasteiger partial charge in [0.25, 0.3) is 0 Å². The first-order valence-electron chi connectivity index (χ1n) is 7.27. The maximum Gasteiger partial charge on any atom is 0.314 e. The van der Waals surface area contributed by atoms with E-state index in [2.05, 4.69) is 14.9 Å². The molecule has 0 N–H and O–H groups in total. The number of hydrogen-bond donors (Lipinski definition) is 0. The van der Waals surface area contributed by atoms with Gasteiger partial charge in [-0.05, 0) is 25.1 Å². The van der Waals surface area contributed by atoms with E-state index in [1.54, 1.807) is 31.5 Å². The van der Waals surface area contributed by atoms with Crippen molar-refractivity contribution in [3.63, 3.8) is 0 Å². The zero-order valence-corrected chi connectivity index (χ0v) is 13.4. The summed E-state index contributed by atoms with van der Waals surface area (Å²) < 4.78 is 0. The Morgan fingerprint density at radius 2 is 1.78 bits per heavy atom. The Morgan fingerprint density at radius 1 is 1.13 bits per heavy atom. The quantitative estimate of drug-likeness (QED) is 0.635. The van der Waals surface area contributed by atoms with Gasteiger partial charge < -0.3 is 9.80 Å². The molecule has 1 aliphatic rings. The van der Waals surface area contributed by atoms with Gasteiger partial charge in [-0.2, -0.15) is 0 Å². The molecule has 23 heavy (non-hydrogen) atoms. The number of halogens is 1. The Labute approximate surface area is 138 Å². The fourth-order valence-corrected chi connectivity index (χ4v) is 2.86. The second-order valence-corrected chi connectivity index (χ2v) is 5.80. The molecule has 0 aromatic carbocycles. The lowest BCUT2D eigenvalue weighted by Crippen LogP contribution is -2.47. The molecule has 8 heteroatoms. The first-order chi connectivity index (χ1) is 11.1. The van der Waals surface area contributed by atoms with Crippen LogP contribution in [0.15, 0.2) is 30.6 Å². The van der Waals surface area contributed by atoms with Crippen molar-refractivity contribution in [2.45, 2.75) is 6.92 Å². The average Bonchev–Trinajstić information content (AvgIpc) is 2.54. The molecule has 1 saturated heterocycles. The van der Waals surface area contributed by atoms with E-state index >= 15 is 0 Å². The van der Waals surface area contributed by atoms with Crippen molar-refractivity contribution in [2.75, 3.05) is 36.0 Å². The van der Waals surface area contributed by atoms with Gasteiger partial charge in [0.05, 0.1) is 4.92 Å². The minimum Gasteiger partial charge on any atom is -0.353 e. The van der Waals surface area contributed by atoms with Crippen LogP contribution in [0.1, 0.15) is 5.56 Å². The van der Waals surface area contributed by atoms with Crippen LogP contribution < -0.4 is 9.80 Å². The van der Waals surface area contributed by atoms with Crippen LogP contribution in [0.3, 0.4) is 0 Å².